The molecular weight excluding hydrogens is 250 g/mol. The highest BCUT2D eigenvalue weighted by molar-refractivity contribution is 7.80. The van der Waals surface area contributed by atoms with Crippen LogP contribution in [0.1, 0.15) is 23.9 Å². The van der Waals surface area contributed by atoms with Gasteiger partial charge in [-0.25, -0.2) is 0 Å². The van der Waals surface area contributed by atoms with Crippen molar-refractivity contribution in [1.82, 2.24) is 4.98 Å². The largest absolute Gasteiger partial charge is 0.465 e. The average Bonchev–Trinajstić information content (AvgIpc) is 2.25. The monoisotopic (exact) mass is 267 g/mol. The fraction of sp³-hybridized carbons (Fsp3) is 0.417. The summed E-state index contributed by atoms with van der Waals surface area (Å²) in [6.45, 7) is 5.89. The molecule has 0 bridgehead atoms. The smallest absolute Gasteiger partial charge is 0.325 e. The van der Waals surface area contributed by atoms with Crippen LogP contribution in [0, 0.1) is 13.8 Å². The lowest BCUT2D eigenvalue weighted by atomic mass is 10.1. The maximum Gasteiger partial charge on any atom is 0.325 e. The first-order valence-electron chi connectivity index (χ1n) is 5.63. The number of esters is 1. The van der Waals surface area contributed by atoms with Crippen molar-refractivity contribution >= 4 is 28.9 Å². The van der Waals surface area contributed by atoms with Crippen molar-refractivity contribution in [3.05, 3.63) is 23.0 Å². The lowest BCUT2D eigenvalue weighted by Crippen LogP contribution is -2.21. The normalized spacial score (nSPS) is 9.94. The van der Waals surface area contributed by atoms with E-state index in [1.807, 2.05) is 13.8 Å². The summed E-state index contributed by atoms with van der Waals surface area (Å²) in [7, 11) is 0. The third-order valence-electron chi connectivity index (χ3n) is 2.30. The molecule has 98 valence electrons. The Morgan fingerprint density at radius 3 is 2.78 bits per heavy atom. The van der Waals surface area contributed by atoms with E-state index in [0.29, 0.717) is 17.9 Å². The van der Waals surface area contributed by atoms with Gasteiger partial charge in [0.2, 0.25) is 0 Å². The van der Waals surface area contributed by atoms with Gasteiger partial charge in [0.25, 0.3) is 0 Å². The number of pyridine rings is 1. The van der Waals surface area contributed by atoms with E-state index in [-0.39, 0.29) is 17.5 Å². The summed E-state index contributed by atoms with van der Waals surface area (Å²) in [5.41, 5.74) is 8.62. The van der Waals surface area contributed by atoms with Crippen molar-refractivity contribution in [3.8, 4) is 0 Å². The molecule has 18 heavy (non-hydrogen) atoms. The minimum atomic E-state index is -0.321. The summed E-state index contributed by atoms with van der Waals surface area (Å²) in [5.74, 6) is -0.321. The highest BCUT2D eigenvalue weighted by Crippen LogP contribution is 2.19. The molecule has 3 N–H and O–H groups in total. The first-order chi connectivity index (χ1) is 8.45. The molecule has 0 fully saturated rings. The van der Waals surface area contributed by atoms with E-state index in [1.165, 1.54) is 0 Å². The number of nitrogens with one attached hydrogen (secondary N) is 1. The Labute approximate surface area is 112 Å². The number of nitrogens with two attached hydrogens (primary N) is 1. The minimum absolute atomic E-state index is 0.0757. The van der Waals surface area contributed by atoms with Crippen molar-refractivity contribution < 1.29 is 9.53 Å². The number of thiocarbonyl (C=S) groups is 1. The Hall–Kier alpha value is -1.69. The van der Waals surface area contributed by atoms with Crippen LogP contribution in [0.25, 0.3) is 0 Å². The predicted octanol–water partition coefficient (Wildman–Crippen LogP) is 1.31. The lowest BCUT2D eigenvalue weighted by Gasteiger charge is -2.13. The van der Waals surface area contributed by atoms with Crippen LogP contribution in [0.15, 0.2) is 6.07 Å². The molecule has 5 nitrogen and oxygen atoms in total. The molecule has 1 rings (SSSR count). The molecule has 0 unspecified atom stereocenters. The number of aryl methyl sites for hydroxylation is 2. The minimum Gasteiger partial charge on any atom is -0.465 e. The van der Waals surface area contributed by atoms with Crippen LogP contribution in [-0.4, -0.2) is 29.1 Å². The summed E-state index contributed by atoms with van der Waals surface area (Å²) in [6, 6.07) is 1.81. The Bertz CT molecular complexity index is 475. The predicted molar refractivity (Wildman–Crippen MR) is 74.7 cm³/mol. The van der Waals surface area contributed by atoms with Crippen LogP contribution >= 0.6 is 12.2 Å². The van der Waals surface area contributed by atoms with Gasteiger partial charge in [-0.1, -0.05) is 12.2 Å². The second-order valence-electron chi connectivity index (χ2n) is 3.79. The van der Waals surface area contributed by atoms with E-state index in [1.54, 1.807) is 13.0 Å². The molecule has 6 heteroatoms. The van der Waals surface area contributed by atoms with E-state index < -0.39 is 0 Å². The van der Waals surface area contributed by atoms with Gasteiger partial charge in [-0.3, -0.25) is 9.78 Å². The number of anilines is 1. The van der Waals surface area contributed by atoms with Gasteiger partial charge in [-0.05, 0) is 26.8 Å². The number of hydrogen-bond donors (Lipinski definition) is 2. The summed E-state index contributed by atoms with van der Waals surface area (Å²) in [5, 5.41) is 2.98. The van der Waals surface area contributed by atoms with Crippen molar-refractivity contribution in [2.45, 2.75) is 20.8 Å². The molecule has 1 heterocycles. The second kappa shape index (κ2) is 6.30. The first kappa shape index (κ1) is 14.4. The maximum atomic E-state index is 11.3. The zero-order valence-electron chi connectivity index (χ0n) is 10.7. The Morgan fingerprint density at radius 1 is 1.56 bits per heavy atom. The molecule has 0 radical (unpaired) electrons. The SMILES string of the molecule is CCOC(=O)CNc1cc(C)nc(C)c1C(N)=S. The van der Waals surface area contributed by atoms with Crippen molar-refractivity contribution in [2.75, 3.05) is 18.5 Å². The van der Waals surface area contributed by atoms with Gasteiger partial charge < -0.3 is 15.8 Å². The highest BCUT2D eigenvalue weighted by atomic mass is 32.1. The maximum absolute atomic E-state index is 11.3. The number of ether oxygens (including phenoxy) is 1. The molecule has 0 aliphatic heterocycles. The van der Waals surface area contributed by atoms with Crippen molar-refractivity contribution in [3.63, 3.8) is 0 Å². The van der Waals surface area contributed by atoms with Crippen LogP contribution in [0.4, 0.5) is 5.69 Å². The van der Waals surface area contributed by atoms with Gasteiger partial charge in [0.15, 0.2) is 0 Å². The molecule has 1 aromatic heterocycles. The van der Waals surface area contributed by atoms with E-state index >= 15 is 0 Å². The van der Waals surface area contributed by atoms with Crippen molar-refractivity contribution in [2.24, 2.45) is 5.73 Å². The summed E-state index contributed by atoms with van der Waals surface area (Å²) in [4.78, 5) is 15.9. The molecule has 0 saturated heterocycles. The number of carbonyl (C=O) groups is 1. The Balaban J connectivity index is 2.93. The van der Waals surface area contributed by atoms with Crippen LogP contribution in [0.5, 0.6) is 0 Å². The molecule has 0 atom stereocenters. The molecular formula is C12H17N3O2S. The molecule has 0 spiro atoms. The number of nitrogens with zero attached hydrogens (tertiary/aromatic N) is 1. The Morgan fingerprint density at radius 2 is 2.22 bits per heavy atom. The van der Waals surface area contributed by atoms with Crippen LogP contribution < -0.4 is 11.1 Å². The second-order valence-corrected chi connectivity index (χ2v) is 4.23. The number of carbonyl (C=O) groups excluding carboxylic acids is 1. The Kier molecular flexibility index (Phi) is 5.03. The number of aromatic nitrogens is 1. The van der Waals surface area contributed by atoms with E-state index in [9.17, 15) is 4.79 Å². The van der Waals surface area contributed by atoms with Gasteiger partial charge >= 0.3 is 5.97 Å². The number of rotatable bonds is 5. The summed E-state index contributed by atoms with van der Waals surface area (Å²) >= 11 is 4.99. The van der Waals surface area contributed by atoms with Crippen LogP contribution in [-0.2, 0) is 9.53 Å². The van der Waals surface area contributed by atoms with Gasteiger partial charge in [-0.2, -0.15) is 0 Å². The fourth-order valence-corrected chi connectivity index (χ4v) is 1.92. The molecule has 0 saturated carbocycles. The van der Waals surface area contributed by atoms with Crippen LogP contribution in [0.2, 0.25) is 0 Å². The topological polar surface area (TPSA) is 77.2 Å². The van der Waals surface area contributed by atoms with E-state index in [2.05, 4.69) is 10.3 Å². The van der Waals surface area contributed by atoms with Gasteiger partial charge in [-0.15, -0.1) is 0 Å². The highest BCUT2D eigenvalue weighted by Gasteiger charge is 2.12. The zero-order valence-corrected chi connectivity index (χ0v) is 11.6. The molecule has 0 aromatic carbocycles. The summed E-state index contributed by atoms with van der Waals surface area (Å²) in [6.07, 6.45) is 0. The zero-order chi connectivity index (χ0) is 13.7. The van der Waals surface area contributed by atoms with Gasteiger partial charge in [0, 0.05) is 17.1 Å². The molecule has 0 aliphatic rings. The quantitative estimate of drug-likeness (QED) is 0.618. The number of hydrogen-bond acceptors (Lipinski definition) is 5. The van der Waals surface area contributed by atoms with E-state index in [4.69, 9.17) is 22.7 Å². The molecule has 0 amide bonds. The third kappa shape index (κ3) is 3.66. The molecule has 1 aromatic rings. The molecule has 0 aliphatic carbocycles. The summed E-state index contributed by atoms with van der Waals surface area (Å²) < 4.78 is 4.84. The lowest BCUT2D eigenvalue weighted by molar-refractivity contribution is -0.140. The average molecular weight is 267 g/mol. The van der Waals surface area contributed by atoms with Crippen molar-refractivity contribution in [1.29, 1.82) is 0 Å². The third-order valence-corrected chi connectivity index (χ3v) is 2.51. The van der Waals surface area contributed by atoms with E-state index in [0.717, 1.165) is 11.4 Å². The van der Waals surface area contributed by atoms with Gasteiger partial charge in [0.05, 0.1) is 12.2 Å². The standard InChI is InChI=1S/C12H17N3O2S/c1-4-17-10(16)6-14-9-5-7(2)15-8(3)11(9)12(13)18/h5H,4,6H2,1-3H3,(H2,13,18)(H,14,15). The van der Waals surface area contributed by atoms with Gasteiger partial charge in [0.1, 0.15) is 11.5 Å². The fourth-order valence-electron chi connectivity index (χ4n) is 1.66. The first-order valence-corrected chi connectivity index (χ1v) is 6.04. The van der Waals surface area contributed by atoms with Crippen LogP contribution in [0.3, 0.4) is 0 Å².